The van der Waals surface area contributed by atoms with Gasteiger partial charge in [0.05, 0.1) is 11.9 Å². The monoisotopic (exact) mass is 340 g/mol. The first kappa shape index (κ1) is 14.3. The average Bonchev–Trinajstić information content (AvgIpc) is 3.26. The Morgan fingerprint density at radius 1 is 1.08 bits per heavy atom. The number of hydrogen-bond acceptors (Lipinski definition) is 6. The minimum Gasteiger partial charge on any atom is -0.362 e. The molecule has 4 heterocycles. The molecule has 2 aliphatic rings. The number of aromatic nitrogens is 5. The van der Waals surface area contributed by atoms with Gasteiger partial charge in [0.15, 0.2) is 5.82 Å². The molecule has 5 rings (SSSR count). The number of hydrogen-bond donors (Lipinski definition) is 1. The Labute approximate surface area is 144 Å². The van der Waals surface area contributed by atoms with Crippen molar-refractivity contribution in [1.82, 2.24) is 24.7 Å². The van der Waals surface area contributed by atoms with Gasteiger partial charge in [0, 0.05) is 17.8 Å². The van der Waals surface area contributed by atoms with Gasteiger partial charge in [0.1, 0.15) is 22.3 Å². The maximum atomic E-state index is 4.70. The van der Waals surface area contributed by atoms with E-state index in [1.165, 1.54) is 41.5 Å². The summed E-state index contributed by atoms with van der Waals surface area (Å²) in [6.07, 6.45) is 7.11. The molecule has 0 unspecified atom stereocenters. The van der Waals surface area contributed by atoms with Crippen molar-refractivity contribution in [2.24, 2.45) is 0 Å². The third-order valence-corrected chi connectivity index (χ3v) is 6.21. The maximum absolute atomic E-state index is 4.70. The number of aryl methyl sites for hydroxylation is 4. The van der Waals surface area contributed by atoms with Crippen molar-refractivity contribution < 1.29 is 0 Å². The van der Waals surface area contributed by atoms with Crippen LogP contribution in [0.4, 0.5) is 5.82 Å². The first-order valence-electron chi connectivity index (χ1n) is 8.73. The van der Waals surface area contributed by atoms with Gasteiger partial charge in [-0.3, -0.25) is 0 Å². The van der Waals surface area contributed by atoms with E-state index in [1.54, 1.807) is 0 Å². The molecule has 0 saturated heterocycles. The van der Waals surface area contributed by atoms with Gasteiger partial charge in [-0.1, -0.05) is 0 Å². The highest BCUT2D eigenvalue weighted by Crippen LogP contribution is 2.38. The lowest BCUT2D eigenvalue weighted by molar-refractivity contribution is 0.694. The Morgan fingerprint density at radius 3 is 2.96 bits per heavy atom. The van der Waals surface area contributed by atoms with Crippen LogP contribution in [-0.4, -0.2) is 24.7 Å². The fourth-order valence-electron chi connectivity index (χ4n) is 3.90. The quantitative estimate of drug-likeness (QED) is 0.794. The number of thiophene rings is 1. The van der Waals surface area contributed by atoms with Gasteiger partial charge in [0.25, 0.3) is 0 Å². The molecule has 0 fully saturated rings. The van der Waals surface area contributed by atoms with Crippen LogP contribution in [0.2, 0.25) is 0 Å². The summed E-state index contributed by atoms with van der Waals surface area (Å²) in [5, 5.41) is 13.4. The molecule has 6 nitrogen and oxygen atoms in total. The molecule has 124 valence electrons. The maximum Gasteiger partial charge on any atom is 0.152 e. The molecule has 24 heavy (non-hydrogen) atoms. The highest BCUT2D eigenvalue weighted by atomic mass is 32.1. The van der Waals surface area contributed by atoms with Gasteiger partial charge in [-0.15, -0.1) is 21.5 Å². The first-order chi connectivity index (χ1) is 11.8. The van der Waals surface area contributed by atoms with Crippen LogP contribution in [-0.2, 0) is 32.4 Å². The summed E-state index contributed by atoms with van der Waals surface area (Å²) in [4.78, 5) is 12.0. The van der Waals surface area contributed by atoms with Crippen molar-refractivity contribution in [3.05, 3.63) is 27.9 Å². The third kappa shape index (κ3) is 2.22. The van der Waals surface area contributed by atoms with E-state index in [2.05, 4.69) is 25.1 Å². The van der Waals surface area contributed by atoms with Gasteiger partial charge in [0.2, 0.25) is 0 Å². The molecule has 1 aliphatic carbocycles. The molecule has 3 aromatic rings. The second kappa shape index (κ2) is 5.51. The van der Waals surface area contributed by atoms with Crippen molar-refractivity contribution >= 4 is 27.4 Å². The molecular weight excluding hydrogens is 320 g/mol. The van der Waals surface area contributed by atoms with Crippen LogP contribution < -0.4 is 5.32 Å². The largest absolute Gasteiger partial charge is 0.362 e. The van der Waals surface area contributed by atoms with E-state index >= 15 is 0 Å². The minimum atomic E-state index is 0.670. The lowest BCUT2D eigenvalue weighted by atomic mass is 9.97. The molecular formula is C17H20N6S. The Bertz CT molecular complexity index is 925. The zero-order valence-electron chi connectivity index (χ0n) is 13.8. The fourth-order valence-corrected chi connectivity index (χ4v) is 5.20. The molecule has 0 amide bonds. The standard InChI is InChI=1S/C17H20N6S/c1-10-19-16(18-9-14-22-21-13-7-4-8-23(13)14)15-11-5-2-3-6-12(11)24-17(15)20-10/h2-9H2,1H3,(H,18,19,20). The van der Waals surface area contributed by atoms with Crippen LogP contribution in [0.25, 0.3) is 10.2 Å². The van der Waals surface area contributed by atoms with E-state index in [0.29, 0.717) is 6.54 Å². The second-order valence-electron chi connectivity index (χ2n) is 6.65. The van der Waals surface area contributed by atoms with Gasteiger partial charge in [-0.2, -0.15) is 0 Å². The Kier molecular flexibility index (Phi) is 3.29. The lowest BCUT2D eigenvalue weighted by Gasteiger charge is -2.13. The third-order valence-electron chi connectivity index (χ3n) is 5.03. The minimum absolute atomic E-state index is 0.670. The first-order valence-corrected chi connectivity index (χ1v) is 9.55. The summed E-state index contributed by atoms with van der Waals surface area (Å²) >= 11 is 1.85. The van der Waals surface area contributed by atoms with Crippen LogP contribution in [0.3, 0.4) is 0 Å². The molecule has 0 bridgehead atoms. The van der Waals surface area contributed by atoms with Gasteiger partial charge in [-0.25, -0.2) is 9.97 Å². The Balaban J connectivity index is 1.52. The van der Waals surface area contributed by atoms with Crippen LogP contribution in [0.1, 0.15) is 47.2 Å². The molecule has 0 radical (unpaired) electrons. The van der Waals surface area contributed by atoms with Crippen LogP contribution in [0.5, 0.6) is 0 Å². The molecule has 1 aliphatic heterocycles. The lowest BCUT2D eigenvalue weighted by Crippen LogP contribution is -2.10. The predicted octanol–water partition coefficient (Wildman–Crippen LogP) is 3.03. The summed E-state index contributed by atoms with van der Waals surface area (Å²) in [5.74, 6) is 3.92. The van der Waals surface area contributed by atoms with Gasteiger partial charge in [-0.05, 0) is 44.6 Å². The molecule has 7 heteroatoms. The summed E-state index contributed by atoms with van der Waals surface area (Å²) < 4.78 is 2.24. The zero-order chi connectivity index (χ0) is 16.1. The normalized spacial score (nSPS) is 16.4. The fraction of sp³-hybridized carbons (Fsp3) is 0.529. The Morgan fingerprint density at radius 2 is 2.00 bits per heavy atom. The van der Waals surface area contributed by atoms with Crippen LogP contribution >= 0.6 is 11.3 Å². The summed E-state index contributed by atoms with van der Waals surface area (Å²) in [6.45, 7) is 3.67. The van der Waals surface area contributed by atoms with E-state index < -0.39 is 0 Å². The number of nitrogens with zero attached hydrogens (tertiary/aromatic N) is 5. The molecule has 0 atom stereocenters. The summed E-state index contributed by atoms with van der Waals surface area (Å²) in [7, 11) is 0. The molecule has 0 saturated carbocycles. The van der Waals surface area contributed by atoms with Crippen LogP contribution in [0.15, 0.2) is 0 Å². The Hall–Kier alpha value is -2.02. The molecule has 0 spiro atoms. The zero-order valence-corrected chi connectivity index (χ0v) is 14.6. The van der Waals surface area contributed by atoms with Gasteiger partial charge < -0.3 is 9.88 Å². The number of nitrogens with one attached hydrogen (secondary N) is 1. The predicted molar refractivity (Wildman–Crippen MR) is 94.5 cm³/mol. The van der Waals surface area contributed by atoms with E-state index in [1.807, 2.05) is 18.3 Å². The molecule has 0 aromatic carbocycles. The number of rotatable bonds is 3. The highest BCUT2D eigenvalue weighted by molar-refractivity contribution is 7.19. The van der Waals surface area contributed by atoms with E-state index in [0.717, 1.165) is 47.5 Å². The smallest absolute Gasteiger partial charge is 0.152 e. The second-order valence-corrected chi connectivity index (χ2v) is 7.74. The van der Waals surface area contributed by atoms with E-state index in [9.17, 15) is 0 Å². The SMILES string of the molecule is Cc1nc(NCc2nnc3n2CCC3)c2c3c(sc2n1)CCCC3. The summed E-state index contributed by atoms with van der Waals surface area (Å²) in [6, 6.07) is 0. The van der Waals surface area contributed by atoms with E-state index in [-0.39, 0.29) is 0 Å². The van der Waals surface area contributed by atoms with Crippen molar-refractivity contribution in [2.45, 2.75) is 58.5 Å². The van der Waals surface area contributed by atoms with Crippen molar-refractivity contribution in [3.63, 3.8) is 0 Å². The van der Waals surface area contributed by atoms with Crippen molar-refractivity contribution in [1.29, 1.82) is 0 Å². The van der Waals surface area contributed by atoms with Gasteiger partial charge >= 0.3 is 0 Å². The van der Waals surface area contributed by atoms with Crippen molar-refractivity contribution in [3.8, 4) is 0 Å². The average molecular weight is 340 g/mol. The van der Waals surface area contributed by atoms with E-state index in [4.69, 9.17) is 4.98 Å². The number of fused-ring (bicyclic) bond motifs is 4. The summed E-state index contributed by atoms with van der Waals surface area (Å²) in [5.41, 5.74) is 1.47. The highest BCUT2D eigenvalue weighted by Gasteiger charge is 2.21. The van der Waals surface area contributed by atoms with Crippen LogP contribution in [0, 0.1) is 6.92 Å². The topological polar surface area (TPSA) is 68.5 Å². The molecule has 1 N–H and O–H groups in total. The number of anilines is 1. The molecule has 3 aromatic heterocycles. The van der Waals surface area contributed by atoms with Crippen molar-refractivity contribution in [2.75, 3.05) is 5.32 Å².